The normalized spacial score (nSPS) is 9.88. The maximum Gasteiger partial charge on any atom is 0.273 e. The van der Waals surface area contributed by atoms with Gasteiger partial charge in [-0.1, -0.05) is 18.2 Å². The van der Waals surface area contributed by atoms with Crippen LogP contribution in [0.2, 0.25) is 0 Å². The highest BCUT2D eigenvalue weighted by Gasteiger charge is 2.13. The summed E-state index contributed by atoms with van der Waals surface area (Å²) in [5.74, 6) is 0.713. The van der Waals surface area contributed by atoms with Crippen LogP contribution in [-0.4, -0.2) is 33.1 Å². The molecule has 0 atom stereocenters. The number of para-hydroxylation sites is 1. The lowest BCUT2D eigenvalue weighted by Gasteiger charge is -2.11. The van der Waals surface area contributed by atoms with Gasteiger partial charge in [-0.15, -0.1) is 0 Å². The highest BCUT2D eigenvalue weighted by Crippen LogP contribution is 2.27. The zero-order chi connectivity index (χ0) is 18.2. The van der Waals surface area contributed by atoms with Gasteiger partial charge >= 0.3 is 0 Å². The van der Waals surface area contributed by atoms with Crippen molar-refractivity contribution in [2.45, 2.75) is 6.42 Å². The second kappa shape index (κ2) is 8.58. The smallest absolute Gasteiger partial charge is 0.273 e. The molecule has 25 heavy (non-hydrogen) atoms. The van der Waals surface area contributed by atoms with E-state index in [0.717, 1.165) is 5.56 Å². The molecule has 2 N–H and O–H groups in total. The van der Waals surface area contributed by atoms with Crippen molar-refractivity contribution in [2.75, 3.05) is 21.3 Å². The molecular weight excluding hydrogens is 324 g/mol. The Morgan fingerprint density at radius 3 is 2.20 bits per heavy atom. The molecule has 0 bridgehead atoms. The minimum absolute atomic E-state index is 0.0760. The lowest BCUT2D eigenvalue weighted by Crippen LogP contribution is -2.42. The van der Waals surface area contributed by atoms with Crippen LogP contribution in [0.15, 0.2) is 42.5 Å². The number of benzene rings is 2. The summed E-state index contributed by atoms with van der Waals surface area (Å²) in [7, 11) is 4.54. The quantitative estimate of drug-likeness (QED) is 0.779. The number of carbonyl (C=O) groups excluding carboxylic acids is 2. The lowest BCUT2D eigenvalue weighted by molar-refractivity contribution is -0.121. The van der Waals surface area contributed by atoms with E-state index in [4.69, 9.17) is 14.2 Å². The molecule has 7 nitrogen and oxygen atoms in total. The minimum atomic E-state index is -0.460. The van der Waals surface area contributed by atoms with Gasteiger partial charge in [-0.2, -0.15) is 0 Å². The molecule has 0 unspecified atom stereocenters. The van der Waals surface area contributed by atoms with Gasteiger partial charge in [0.2, 0.25) is 5.91 Å². The van der Waals surface area contributed by atoms with E-state index in [2.05, 4.69) is 10.9 Å². The molecule has 2 rings (SSSR count). The van der Waals surface area contributed by atoms with Crippen LogP contribution < -0.4 is 25.1 Å². The molecule has 0 aliphatic heterocycles. The van der Waals surface area contributed by atoms with Crippen molar-refractivity contribution in [2.24, 2.45) is 0 Å². The summed E-state index contributed by atoms with van der Waals surface area (Å²) in [6.45, 7) is 0. The fourth-order valence-electron chi connectivity index (χ4n) is 2.25. The Morgan fingerprint density at radius 2 is 1.52 bits per heavy atom. The first-order valence-corrected chi connectivity index (χ1v) is 7.52. The Bertz CT molecular complexity index is 761. The molecular formula is C18H20N2O5. The maximum absolute atomic E-state index is 12.1. The Hall–Kier alpha value is -3.22. The highest BCUT2D eigenvalue weighted by molar-refractivity contribution is 5.97. The number of hydrogen-bond donors (Lipinski definition) is 2. The molecule has 0 spiro atoms. The zero-order valence-corrected chi connectivity index (χ0v) is 14.3. The fraction of sp³-hybridized carbons (Fsp3) is 0.222. The van der Waals surface area contributed by atoms with Crippen LogP contribution in [0, 0.1) is 0 Å². The standard InChI is InChI=1S/C18H20N2O5/c1-23-14-7-5-4-6-13(14)18(22)20-19-17(21)11-12-8-9-15(24-2)16(10-12)25-3/h4-10H,11H2,1-3H3,(H,19,21)(H,20,22). The van der Waals surface area contributed by atoms with Crippen LogP contribution in [0.4, 0.5) is 0 Å². The first-order chi connectivity index (χ1) is 12.1. The number of methoxy groups -OCH3 is 3. The molecule has 0 fully saturated rings. The van der Waals surface area contributed by atoms with E-state index in [-0.39, 0.29) is 12.3 Å². The van der Waals surface area contributed by atoms with E-state index in [1.807, 2.05) is 0 Å². The van der Waals surface area contributed by atoms with Crippen LogP contribution >= 0.6 is 0 Å². The molecule has 0 aliphatic carbocycles. The number of amides is 2. The van der Waals surface area contributed by atoms with Crippen molar-refractivity contribution in [3.8, 4) is 17.2 Å². The lowest BCUT2D eigenvalue weighted by atomic mass is 10.1. The van der Waals surface area contributed by atoms with E-state index in [1.165, 1.54) is 21.3 Å². The number of carbonyl (C=O) groups is 2. The van der Waals surface area contributed by atoms with Crippen LogP contribution in [0.1, 0.15) is 15.9 Å². The van der Waals surface area contributed by atoms with Crippen molar-refractivity contribution in [3.05, 3.63) is 53.6 Å². The van der Waals surface area contributed by atoms with Crippen LogP contribution in [0.3, 0.4) is 0 Å². The minimum Gasteiger partial charge on any atom is -0.496 e. The van der Waals surface area contributed by atoms with E-state index < -0.39 is 5.91 Å². The summed E-state index contributed by atoms with van der Waals surface area (Å²) < 4.78 is 15.5. The number of hydrazine groups is 1. The molecule has 0 aromatic heterocycles. The molecule has 0 saturated carbocycles. The average Bonchev–Trinajstić information content (AvgIpc) is 2.65. The van der Waals surface area contributed by atoms with Crippen molar-refractivity contribution in [1.82, 2.24) is 10.9 Å². The molecule has 0 aliphatic rings. The van der Waals surface area contributed by atoms with E-state index >= 15 is 0 Å². The summed E-state index contributed by atoms with van der Waals surface area (Å²) in [6.07, 6.45) is 0.0760. The summed E-state index contributed by atoms with van der Waals surface area (Å²) in [6, 6.07) is 11.9. The zero-order valence-electron chi connectivity index (χ0n) is 14.3. The van der Waals surface area contributed by atoms with Gasteiger partial charge in [-0.3, -0.25) is 20.4 Å². The van der Waals surface area contributed by atoms with Gasteiger partial charge in [0.1, 0.15) is 5.75 Å². The van der Waals surface area contributed by atoms with Gasteiger partial charge in [-0.05, 0) is 29.8 Å². The summed E-state index contributed by atoms with van der Waals surface area (Å²) in [4.78, 5) is 24.2. The van der Waals surface area contributed by atoms with Crippen LogP contribution in [-0.2, 0) is 11.2 Å². The number of nitrogens with one attached hydrogen (secondary N) is 2. The maximum atomic E-state index is 12.1. The molecule has 0 radical (unpaired) electrons. The Morgan fingerprint density at radius 1 is 0.840 bits per heavy atom. The van der Waals surface area contributed by atoms with Crippen LogP contribution in [0.5, 0.6) is 17.2 Å². The van der Waals surface area contributed by atoms with Crippen molar-refractivity contribution >= 4 is 11.8 Å². The number of hydrogen-bond acceptors (Lipinski definition) is 5. The predicted octanol–water partition coefficient (Wildman–Crippen LogP) is 1.72. The third-order valence-corrected chi connectivity index (χ3v) is 3.48. The largest absolute Gasteiger partial charge is 0.496 e. The second-order valence-corrected chi connectivity index (χ2v) is 5.07. The molecule has 7 heteroatoms. The first-order valence-electron chi connectivity index (χ1n) is 7.52. The summed E-state index contributed by atoms with van der Waals surface area (Å²) in [5, 5.41) is 0. The Balaban J connectivity index is 1.95. The average molecular weight is 344 g/mol. The number of ether oxygens (including phenoxy) is 3. The SMILES string of the molecule is COc1ccc(CC(=O)NNC(=O)c2ccccc2OC)cc1OC. The molecule has 2 aromatic rings. The van der Waals surface area contributed by atoms with Crippen LogP contribution in [0.25, 0.3) is 0 Å². The predicted molar refractivity (Wildman–Crippen MR) is 91.9 cm³/mol. The monoisotopic (exact) mass is 344 g/mol. The highest BCUT2D eigenvalue weighted by atomic mass is 16.5. The summed E-state index contributed by atoms with van der Waals surface area (Å²) in [5.41, 5.74) is 5.80. The van der Waals surface area contributed by atoms with E-state index in [1.54, 1.807) is 42.5 Å². The van der Waals surface area contributed by atoms with Crippen molar-refractivity contribution in [3.63, 3.8) is 0 Å². The first kappa shape index (κ1) is 18.1. The molecule has 132 valence electrons. The van der Waals surface area contributed by atoms with Gasteiger partial charge in [0.05, 0.1) is 33.3 Å². The van der Waals surface area contributed by atoms with Gasteiger partial charge in [0, 0.05) is 0 Å². The van der Waals surface area contributed by atoms with Gasteiger partial charge in [0.15, 0.2) is 11.5 Å². The van der Waals surface area contributed by atoms with Gasteiger partial charge in [0.25, 0.3) is 5.91 Å². The van der Waals surface area contributed by atoms with Crippen molar-refractivity contribution < 1.29 is 23.8 Å². The van der Waals surface area contributed by atoms with Gasteiger partial charge in [-0.25, -0.2) is 0 Å². The van der Waals surface area contributed by atoms with E-state index in [9.17, 15) is 9.59 Å². The molecule has 2 aromatic carbocycles. The molecule has 0 saturated heterocycles. The fourth-order valence-corrected chi connectivity index (χ4v) is 2.25. The number of rotatable bonds is 6. The third-order valence-electron chi connectivity index (χ3n) is 3.48. The summed E-state index contributed by atoms with van der Waals surface area (Å²) >= 11 is 0. The third kappa shape index (κ3) is 4.63. The Kier molecular flexibility index (Phi) is 6.22. The second-order valence-electron chi connectivity index (χ2n) is 5.07. The van der Waals surface area contributed by atoms with Crippen molar-refractivity contribution in [1.29, 1.82) is 0 Å². The Labute approximate surface area is 145 Å². The topological polar surface area (TPSA) is 85.9 Å². The van der Waals surface area contributed by atoms with E-state index in [0.29, 0.717) is 22.8 Å². The molecule has 2 amide bonds. The molecule has 0 heterocycles. The van der Waals surface area contributed by atoms with Gasteiger partial charge < -0.3 is 14.2 Å².